The number of ether oxygens (including phenoxy) is 2. The zero-order valence-electron chi connectivity index (χ0n) is 9.14. The van der Waals surface area contributed by atoms with Crippen LogP contribution in [0, 0.1) is 5.41 Å². The van der Waals surface area contributed by atoms with Gasteiger partial charge in [-0.15, -0.1) is 0 Å². The molecule has 4 heteroatoms. The molecule has 0 bridgehead atoms. The van der Waals surface area contributed by atoms with Crippen LogP contribution in [0.25, 0.3) is 0 Å². The molecular formula is C10H19IO3. The molecule has 0 aromatic carbocycles. The van der Waals surface area contributed by atoms with Gasteiger partial charge >= 0.3 is 5.97 Å². The Morgan fingerprint density at radius 2 is 2.14 bits per heavy atom. The molecule has 1 atom stereocenters. The van der Waals surface area contributed by atoms with Crippen molar-refractivity contribution in [2.24, 2.45) is 5.41 Å². The van der Waals surface area contributed by atoms with E-state index in [9.17, 15) is 4.79 Å². The fraction of sp³-hybridized carbons (Fsp3) is 0.900. The summed E-state index contributed by atoms with van der Waals surface area (Å²) in [6.45, 7) is 4.59. The molecule has 0 fully saturated rings. The van der Waals surface area contributed by atoms with Crippen molar-refractivity contribution in [3.8, 4) is 0 Å². The predicted molar refractivity (Wildman–Crippen MR) is 64.7 cm³/mol. The summed E-state index contributed by atoms with van der Waals surface area (Å²) in [6.07, 6.45) is 1.84. The highest BCUT2D eigenvalue weighted by atomic mass is 127. The second-order valence-corrected chi connectivity index (χ2v) is 4.59. The Balaban J connectivity index is 4.28. The summed E-state index contributed by atoms with van der Waals surface area (Å²) < 4.78 is 11.2. The largest absolute Gasteiger partial charge is 0.466 e. The Hall–Kier alpha value is 0.160. The fourth-order valence-corrected chi connectivity index (χ4v) is 1.70. The van der Waals surface area contributed by atoms with Gasteiger partial charge in [0.25, 0.3) is 0 Å². The minimum atomic E-state index is -0.476. The van der Waals surface area contributed by atoms with E-state index in [4.69, 9.17) is 9.47 Å². The van der Waals surface area contributed by atoms with E-state index in [1.54, 1.807) is 7.11 Å². The first-order valence-electron chi connectivity index (χ1n) is 4.83. The van der Waals surface area contributed by atoms with Crippen molar-refractivity contribution in [2.75, 3.05) is 24.8 Å². The molecule has 0 aliphatic rings. The molecule has 0 spiro atoms. The maximum absolute atomic E-state index is 11.7. The number of carbonyl (C=O) groups is 1. The Morgan fingerprint density at radius 3 is 2.57 bits per heavy atom. The van der Waals surface area contributed by atoms with Crippen LogP contribution in [0.1, 0.15) is 26.7 Å². The molecule has 14 heavy (non-hydrogen) atoms. The molecule has 3 nitrogen and oxygen atoms in total. The van der Waals surface area contributed by atoms with Crippen LogP contribution in [0.4, 0.5) is 0 Å². The third-order valence-electron chi connectivity index (χ3n) is 2.09. The minimum absolute atomic E-state index is 0.147. The normalized spacial score (nSPS) is 14.9. The lowest BCUT2D eigenvalue weighted by Gasteiger charge is -2.25. The van der Waals surface area contributed by atoms with E-state index < -0.39 is 5.41 Å². The highest BCUT2D eigenvalue weighted by molar-refractivity contribution is 14.1. The van der Waals surface area contributed by atoms with Crippen LogP contribution in [0.2, 0.25) is 0 Å². The van der Waals surface area contributed by atoms with Gasteiger partial charge in [-0.05, 0) is 31.1 Å². The van der Waals surface area contributed by atoms with Crippen molar-refractivity contribution < 1.29 is 14.3 Å². The quantitative estimate of drug-likeness (QED) is 0.411. The standard InChI is InChI=1S/C10H19IO3/c1-4-14-9(12)10(2,8-13-3)6-5-7-11/h4-8H2,1-3H3. The van der Waals surface area contributed by atoms with Gasteiger partial charge in [0.05, 0.1) is 18.6 Å². The molecule has 0 aliphatic heterocycles. The number of hydrogen-bond donors (Lipinski definition) is 0. The van der Waals surface area contributed by atoms with E-state index in [2.05, 4.69) is 22.6 Å². The maximum Gasteiger partial charge on any atom is 0.314 e. The molecule has 84 valence electrons. The summed E-state index contributed by atoms with van der Waals surface area (Å²) in [5.74, 6) is -0.147. The van der Waals surface area contributed by atoms with Gasteiger partial charge in [-0.3, -0.25) is 4.79 Å². The number of hydrogen-bond acceptors (Lipinski definition) is 3. The summed E-state index contributed by atoms with van der Waals surface area (Å²) in [7, 11) is 1.61. The summed E-state index contributed by atoms with van der Waals surface area (Å²) in [6, 6.07) is 0. The van der Waals surface area contributed by atoms with Crippen molar-refractivity contribution in [3.63, 3.8) is 0 Å². The third-order valence-corrected chi connectivity index (χ3v) is 2.86. The van der Waals surface area contributed by atoms with Gasteiger partial charge in [0.15, 0.2) is 0 Å². The van der Waals surface area contributed by atoms with Crippen molar-refractivity contribution in [2.45, 2.75) is 26.7 Å². The minimum Gasteiger partial charge on any atom is -0.466 e. The van der Waals surface area contributed by atoms with E-state index in [0.29, 0.717) is 13.2 Å². The van der Waals surface area contributed by atoms with Crippen LogP contribution in [0.3, 0.4) is 0 Å². The molecule has 0 aromatic rings. The highest BCUT2D eigenvalue weighted by Gasteiger charge is 2.34. The van der Waals surface area contributed by atoms with E-state index >= 15 is 0 Å². The smallest absolute Gasteiger partial charge is 0.314 e. The van der Waals surface area contributed by atoms with E-state index in [0.717, 1.165) is 17.3 Å². The van der Waals surface area contributed by atoms with Gasteiger partial charge in [0.2, 0.25) is 0 Å². The van der Waals surface area contributed by atoms with Crippen LogP contribution in [0.15, 0.2) is 0 Å². The molecule has 0 amide bonds. The summed E-state index contributed by atoms with van der Waals surface area (Å²) in [5.41, 5.74) is -0.476. The lowest BCUT2D eigenvalue weighted by atomic mass is 9.86. The fourth-order valence-electron chi connectivity index (χ4n) is 1.31. The Labute approximate surface area is 99.7 Å². The molecular weight excluding hydrogens is 295 g/mol. The van der Waals surface area contributed by atoms with Gasteiger partial charge in [0.1, 0.15) is 0 Å². The molecule has 0 saturated carbocycles. The molecule has 0 aliphatic carbocycles. The number of esters is 1. The van der Waals surface area contributed by atoms with Gasteiger partial charge in [-0.25, -0.2) is 0 Å². The topological polar surface area (TPSA) is 35.5 Å². The lowest BCUT2D eigenvalue weighted by molar-refractivity contribution is -0.158. The van der Waals surface area contributed by atoms with E-state index in [-0.39, 0.29) is 5.97 Å². The monoisotopic (exact) mass is 314 g/mol. The number of carbonyl (C=O) groups excluding carboxylic acids is 1. The first-order chi connectivity index (χ1) is 6.60. The molecule has 0 N–H and O–H groups in total. The maximum atomic E-state index is 11.7. The van der Waals surface area contributed by atoms with Crippen LogP contribution >= 0.6 is 22.6 Å². The summed E-state index contributed by atoms with van der Waals surface area (Å²) in [4.78, 5) is 11.7. The lowest BCUT2D eigenvalue weighted by Crippen LogP contribution is -2.34. The Kier molecular flexibility index (Phi) is 7.54. The van der Waals surface area contributed by atoms with Crippen molar-refractivity contribution in [1.29, 1.82) is 0 Å². The van der Waals surface area contributed by atoms with Crippen molar-refractivity contribution >= 4 is 28.6 Å². The van der Waals surface area contributed by atoms with Gasteiger partial charge in [0, 0.05) is 7.11 Å². The molecule has 0 radical (unpaired) electrons. The average Bonchev–Trinajstić information content (AvgIpc) is 2.15. The second-order valence-electron chi connectivity index (χ2n) is 3.51. The Morgan fingerprint density at radius 1 is 1.50 bits per heavy atom. The zero-order chi connectivity index (χ0) is 11.0. The number of methoxy groups -OCH3 is 1. The van der Waals surface area contributed by atoms with Crippen molar-refractivity contribution in [1.82, 2.24) is 0 Å². The van der Waals surface area contributed by atoms with E-state index in [1.807, 2.05) is 13.8 Å². The molecule has 1 unspecified atom stereocenters. The zero-order valence-corrected chi connectivity index (χ0v) is 11.3. The number of halogens is 1. The molecule has 0 saturated heterocycles. The first-order valence-corrected chi connectivity index (χ1v) is 6.35. The van der Waals surface area contributed by atoms with Crippen LogP contribution in [-0.4, -0.2) is 30.7 Å². The van der Waals surface area contributed by atoms with Gasteiger partial charge in [-0.2, -0.15) is 0 Å². The van der Waals surface area contributed by atoms with E-state index in [1.165, 1.54) is 0 Å². The summed E-state index contributed by atoms with van der Waals surface area (Å²) >= 11 is 2.31. The van der Waals surface area contributed by atoms with Crippen LogP contribution in [-0.2, 0) is 14.3 Å². The average molecular weight is 314 g/mol. The SMILES string of the molecule is CCOC(=O)C(C)(CCCI)COC. The second kappa shape index (κ2) is 7.45. The van der Waals surface area contributed by atoms with Gasteiger partial charge < -0.3 is 9.47 Å². The van der Waals surface area contributed by atoms with Crippen molar-refractivity contribution in [3.05, 3.63) is 0 Å². The number of rotatable bonds is 7. The predicted octanol–water partition coefficient (Wildman–Crippen LogP) is 2.42. The molecule has 0 rings (SSSR count). The number of alkyl halides is 1. The molecule has 0 heterocycles. The first kappa shape index (κ1) is 14.2. The Bertz CT molecular complexity index is 173. The van der Waals surface area contributed by atoms with Gasteiger partial charge in [-0.1, -0.05) is 22.6 Å². The molecule has 0 aromatic heterocycles. The van der Waals surface area contributed by atoms with Crippen LogP contribution in [0.5, 0.6) is 0 Å². The summed E-state index contributed by atoms with van der Waals surface area (Å²) in [5, 5.41) is 0. The van der Waals surface area contributed by atoms with Crippen LogP contribution < -0.4 is 0 Å². The highest BCUT2D eigenvalue weighted by Crippen LogP contribution is 2.26. The third kappa shape index (κ3) is 4.59.